The van der Waals surface area contributed by atoms with Crippen LogP contribution in [0.3, 0.4) is 0 Å². The molecular formula is C28H26N2O2. The van der Waals surface area contributed by atoms with Crippen molar-refractivity contribution in [2.75, 3.05) is 5.32 Å². The Morgan fingerprint density at radius 3 is 2.41 bits per heavy atom. The number of fused-ring (bicyclic) bond motifs is 1. The van der Waals surface area contributed by atoms with E-state index in [0.717, 1.165) is 39.8 Å². The second kappa shape index (κ2) is 9.56. The van der Waals surface area contributed by atoms with E-state index >= 15 is 0 Å². The zero-order valence-electron chi connectivity index (χ0n) is 18.4. The van der Waals surface area contributed by atoms with Gasteiger partial charge in [-0.15, -0.1) is 0 Å². The predicted molar refractivity (Wildman–Crippen MR) is 130 cm³/mol. The molecule has 0 amide bonds. The van der Waals surface area contributed by atoms with Gasteiger partial charge in [0.1, 0.15) is 0 Å². The van der Waals surface area contributed by atoms with Crippen LogP contribution in [0.15, 0.2) is 79.0 Å². The molecule has 4 rings (SSSR count). The average Bonchev–Trinajstić information content (AvgIpc) is 2.81. The number of hydrogen-bond acceptors (Lipinski definition) is 4. The molecule has 32 heavy (non-hydrogen) atoms. The second-order valence-electron chi connectivity index (χ2n) is 7.98. The van der Waals surface area contributed by atoms with Crippen LogP contribution in [0.5, 0.6) is 0 Å². The predicted octanol–water partition coefficient (Wildman–Crippen LogP) is 6.70. The van der Waals surface area contributed by atoms with Gasteiger partial charge in [-0.25, -0.2) is 0 Å². The third kappa shape index (κ3) is 4.59. The number of rotatable bonds is 8. The molecule has 0 bridgehead atoms. The molecule has 0 aliphatic rings. The van der Waals surface area contributed by atoms with Crippen molar-refractivity contribution in [3.05, 3.63) is 101 Å². The minimum Gasteiger partial charge on any atom is -0.354 e. The summed E-state index contributed by atoms with van der Waals surface area (Å²) in [5.74, 6) is 0.138. The monoisotopic (exact) mass is 422 g/mol. The van der Waals surface area contributed by atoms with Crippen LogP contribution in [0.4, 0.5) is 11.4 Å². The molecule has 160 valence electrons. The molecule has 0 fully saturated rings. The van der Waals surface area contributed by atoms with Gasteiger partial charge in [0.2, 0.25) is 0 Å². The quantitative estimate of drug-likeness (QED) is 0.321. The molecule has 1 N–H and O–H groups in total. The van der Waals surface area contributed by atoms with Gasteiger partial charge in [-0.05, 0) is 36.6 Å². The fourth-order valence-electron chi connectivity index (χ4n) is 3.82. The molecule has 0 radical (unpaired) electrons. The molecule has 4 nitrogen and oxygen atoms in total. The maximum Gasteiger partial charge on any atom is 0.167 e. The van der Waals surface area contributed by atoms with Crippen LogP contribution < -0.4 is 5.32 Å². The SMILES string of the molecule is CCCC(=O)c1cnc2cc(CC(=O)c3ccccc3)ccc2c1Nc1ccccc1C. The first-order chi connectivity index (χ1) is 15.6. The summed E-state index contributed by atoms with van der Waals surface area (Å²) in [5.41, 5.74) is 5.76. The Hall–Kier alpha value is -3.79. The Bertz CT molecular complexity index is 1280. The summed E-state index contributed by atoms with van der Waals surface area (Å²) in [6.45, 7) is 4.03. The molecule has 0 saturated carbocycles. The van der Waals surface area contributed by atoms with Crippen molar-refractivity contribution in [1.29, 1.82) is 0 Å². The summed E-state index contributed by atoms with van der Waals surface area (Å²) in [7, 11) is 0. The Morgan fingerprint density at radius 1 is 0.906 bits per heavy atom. The molecule has 1 heterocycles. The molecule has 0 unspecified atom stereocenters. The van der Waals surface area contributed by atoms with Gasteiger partial charge in [-0.3, -0.25) is 14.6 Å². The summed E-state index contributed by atoms with van der Waals surface area (Å²) in [6, 6.07) is 23.1. The fourth-order valence-corrected chi connectivity index (χ4v) is 3.82. The van der Waals surface area contributed by atoms with Crippen molar-refractivity contribution in [3.63, 3.8) is 0 Å². The summed E-state index contributed by atoms with van der Waals surface area (Å²) in [5, 5.41) is 4.35. The first-order valence-corrected chi connectivity index (χ1v) is 10.9. The highest BCUT2D eigenvalue weighted by Gasteiger charge is 2.17. The normalized spacial score (nSPS) is 10.8. The van der Waals surface area contributed by atoms with Gasteiger partial charge < -0.3 is 5.32 Å². The number of benzene rings is 3. The summed E-state index contributed by atoms with van der Waals surface area (Å²) in [4.78, 5) is 30.0. The van der Waals surface area contributed by atoms with E-state index in [-0.39, 0.29) is 11.6 Å². The third-order valence-corrected chi connectivity index (χ3v) is 5.58. The molecule has 0 saturated heterocycles. The van der Waals surface area contributed by atoms with Gasteiger partial charge in [0.15, 0.2) is 11.6 Å². The van der Waals surface area contributed by atoms with Gasteiger partial charge in [0.25, 0.3) is 0 Å². The van der Waals surface area contributed by atoms with Crippen LogP contribution in [-0.2, 0) is 6.42 Å². The Balaban J connectivity index is 1.74. The van der Waals surface area contributed by atoms with Crippen LogP contribution in [0, 0.1) is 6.92 Å². The van der Waals surface area contributed by atoms with Gasteiger partial charge in [0, 0.05) is 35.7 Å². The maximum absolute atomic E-state index is 12.8. The highest BCUT2D eigenvalue weighted by molar-refractivity contribution is 6.09. The third-order valence-electron chi connectivity index (χ3n) is 5.58. The average molecular weight is 423 g/mol. The number of aryl methyl sites for hydroxylation is 1. The van der Waals surface area contributed by atoms with Crippen LogP contribution in [0.2, 0.25) is 0 Å². The van der Waals surface area contributed by atoms with Gasteiger partial charge in [-0.2, -0.15) is 0 Å². The van der Waals surface area contributed by atoms with E-state index in [1.807, 2.05) is 86.6 Å². The zero-order valence-corrected chi connectivity index (χ0v) is 18.4. The largest absolute Gasteiger partial charge is 0.354 e. The summed E-state index contributed by atoms with van der Waals surface area (Å²) in [6.07, 6.45) is 3.21. The molecule has 0 atom stereocenters. The topological polar surface area (TPSA) is 59.1 Å². The number of nitrogens with one attached hydrogen (secondary N) is 1. The highest BCUT2D eigenvalue weighted by Crippen LogP contribution is 2.32. The minimum atomic E-state index is 0.0675. The number of hydrogen-bond donors (Lipinski definition) is 1. The van der Waals surface area contributed by atoms with Gasteiger partial charge >= 0.3 is 0 Å². The van der Waals surface area contributed by atoms with Gasteiger partial charge in [-0.1, -0.05) is 67.6 Å². The zero-order chi connectivity index (χ0) is 22.5. The van der Waals surface area contributed by atoms with E-state index in [2.05, 4.69) is 10.3 Å². The first kappa shape index (κ1) is 21.4. The van der Waals surface area contributed by atoms with Crippen LogP contribution in [-0.4, -0.2) is 16.6 Å². The van der Waals surface area contributed by atoms with Crippen LogP contribution in [0.25, 0.3) is 10.9 Å². The number of nitrogens with zero attached hydrogens (tertiary/aromatic N) is 1. The molecule has 0 spiro atoms. The maximum atomic E-state index is 12.8. The van der Waals surface area contributed by atoms with Crippen molar-refractivity contribution in [1.82, 2.24) is 4.98 Å². The second-order valence-corrected chi connectivity index (χ2v) is 7.98. The van der Waals surface area contributed by atoms with E-state index in [4.69, 9.17) is 0 Å². The van der Waals surface area contributed by atoms with Crippen molar-refractivity contribution in [2.24, 2.45) is 0 Å². The number of carbonyl (C=O) groups excluding carboxylic acids is 2. The number of aromatic nitrogens is 1. The molecular weight excluding hydrogens is 396 g/mol. The number of para-hydroxylation sites is 1. The lowest BCUT2D eigenvalue weighted by Crippen LogP contribution is -2.07. The summed E-state index contributed by atoms with van der Waals surface area (Å²) >= 11 is 0. The summed E-state index contributed by atoms with van der Waals surface area (Å²) < 4.78 is 0. The first-order valence-electron chi connectivity index (χ1n) is 10.9. The van der Waals surface area contributed by atoms with E-state index in [9.17, 15) is 9.59 Å². The van der Waals surface area contributed by atoms with E-state index in [0.29, 0.717) is 24.0 Å². The number of ketones is 2. The lowest BCUT2D eigenvalue weighted by molar-refractivity contribution is 0.0978. The van der Waals surface area contributed by atoms with Crippen molar-refractivity contribution in [3.8, 4) is 0 Å². The Labute approximate surface area is 188 Å². The fraction of sp³-hybridized carbons (Fsp3) is 0.179. The number of Topliss-reactive ketones (excluding diaryl/α,β-unsaturated/α-hetero) is 2. The number of anilines is 2. The van der Waals surface area contributed by atoms with E-state index in [1.54, 1.807) is 6.20 Å². The molecule has 1 aromatic heterocycles. The van der Waals surface area contributed by atoms with Crippen LogP contribution in [0.1, 0.15) is 51.6 Å². The van der Waals surface area contributed by atoms with E-state index < -0.39 is 0 Å². The van der Waals surface area contributed by atoms with Gasteiger partial charge in [0.05, 0.1) is 16.8 Å². The Morgan fingerprint density at radius 2 is 1.66 bits per heavy atom. The lowest BCUT2D eigenvalue weighted by Gasteiger charge is -2.16. The minimum absolute atomic E-state index is 0.0675. The molecule has 0 aliphatic carbocycles. The molecule has 3 aromatic carbocycles. The van der Waals surface area contributed by atoms with Crippen LogP contribution >= 0.6 is 0 Å². The molecule has 4 heteroatoms. The Kier molecular flexibility index (Phi) is 6.41. The van der Waals surface area contributed by atoms with E-state index in [1.165, 1.54) is 0 Å². The molecule has 0 aliphatic heterocycles. The molecule has 4 aromatic rings. The standard InChI is InChI=1S/C28H26N2O2/c1-3-9-26(31)23-18-29-25-16-20(17-27(32)21-11-5-4-6-12-21)14-15-22(25)28(23)30-24-13-8-7-10-19(24)2/h4-8,10-16,18H,3,9,17H2,1-2H3,(H,29,30). The highest BCUT2D eigenvalue weighted by atomic mass is 16.1. The smallest absolute Gasteiger partial charge is 0.167 e. The van der Waals surface area contributed by atoms with Crippen molar-refractivity contribution in [2.45, 2.75) is 33.1 Å². The number of carbonyl (C=O) groups is 2. The van der Waals surface area contributed by atoms with Crippen molar-refractivity contribution >= 4 is 33.8 Å². The number of pyridine rings is 1. The lowest BCUT2D eigenvalue weighted by atomic mass is 9.99. The van der Waals surface area contributed by atoms with Crippen molar-refractivity contribution < 1.29 is 9.59 Å².